The molecule has 5 amide bonds. The number of fused-ring (bicyclic) bond motifs is 2. The van der Waals surface area contributed by atoms with Crippen LogP contribution in [0.4, 0.5) is 19.4 Å². The number of hydrogen-bond donors (Lipinski definition) is 4. The zero-order valence-electron chi connectivity index (χ0n) is 40.5. The molecule has 10 rings (SSSR count). The fourth-order valence-electron chi connectivity index (χ4n) is 12.0. The number of pyridine rings is 1. The Labute approximate surface area is 421 Å². The van der Waals surface area contributed by atoms with E-state index in [1.807, 2.05) is 49.0 Å². The van der Waals surface area contributed by atoms with E-state index in [9.17, 15) is 24.3 Å². The highest BCUT2D eigenvalue weighted by molar-refractivity contribution is 6.34. The van der Waals surface area contributed by atoms with Gasteiger partial charge in [0.2, 0.25) is 11.8 Å². The molecule has 5 aromatic rings. The van der Waals surface area contributed by atoms with E-state index < -0.39 is 52.6 Å². The number of halogens is 3. The number of amides is 5. The van der Waals surface area contributed by atoms with Crippen molar-refractivity contribution in [2.24, 2.45) is 18.7 Å². The van der Waals surface area contributed by atoms with E-state index in [1.165, 1.54) is 16.5 Å². The maximum atomic E-state index is 16.4. The van der Waals surface area contributed by atoms with Gasteiger partial charge in [0.1, 0.15) is 18.2 Å². The zero-order chi connectivity index (χ0) is 50.4. The van der Waals surface area contributed by atoms with Gasteiger partial charge < -0.3 is 35.4 Å². The van der Waals surface area contributed by atoms with Crippen LogP contribution in [0, 0.1) is 17.6 Å². The number of primary amides is 1. The molecule has 0 bridgehead atoms. The quantitative estimate of drug-likeness (QED) is 0.0959. The number of benzene rings is 3. The molecule has 4 fully saturated rings. The number of urea groups is 1. The highest BCUT2D eigenvalue weighted by Crippen LogP contribution is 2.56. The molecule has 0 radical (unpaired) electrons. The summed E-state index contributed by atoms with van der Waals surface area (Å²) >= 11 is 6.71. The number of imide groups is 1. The summed E-state index contributed by atoms with van der Waals surface area (Å²) in [5.41, 5.74) is 7.23. The summed E-state index contributed by atoms with van der Waals surface area (Å²) in [6, 6.07) is 17.2. The van der Waals surface area contributed by atoms with Crippen molar-refractivity contribution in [3.8, 4) is 22.8 Å². The third kappa shape index (κ3) is 9.15. The Hall–Kier alpha value is -6.21. The molecule has 5 aliphatic rings. The van der Waals surface area contributed by atoms with Crippen LogP contribution in [0.15, 0.2) is 60.8 Å². The summed E-state index contributed by atoms with van der Waals surface area (Å²) in [5.74, 6) is -3.03. The lowest BCUT2D eigenvalue weighted by atomic mass is 9.77. The van der Waals surface area contributed by atoms with Gasteiger partial charge in [-0.1, -0.05) is 54.9 Å². The summed E-state index contributed by atoms with van der Waals surface area (Å²) in [4.78, 5) is 61.2. The predicted octanol–water partition coefficient (Wildman–Crippen LogP) is 6.89. The predicted molar refractivity (Wildman–Crippen MR) is 266 cm³/mol. The van der Waals surface area contributed by atoms with Gasteiger partial charge in [-0.3, -0.25) is 29.3 Å². The van der Waals surface area contributed by atoms with Crippen molar-refractivity contribution in [3.63, 3.8) is 0 Å². The standard InChI is InChI=1S/C53H60ClF2N9O7/c1-30-43-41(27-39(55)46(54)45(43)44-38(48(57)68)28-58-50(47(44)56)71-25-24-66)72-53(30,34-6-4-3-5-7-34)29-59-35-11-8-32(9-12-35)51(69)64-21-16-36(17-22-64)63-19-14-31(15-20-63)33-10-13-37-40(26-33)62(2)61-49(37)65-23-18-42(67)60-52(65)70/h3-7,10,13,26-28,30-32,35-36,59,66H,8-9,11-12,14-25,29H2,1-2H3,(H2,57,68)(H,60,67,70). The van der Waals surface area contributed by atoms with Gasteiger partial charge in [-0.25, -0.2) is 18.6 Å². The minimum atomic E-state index is -1.12. The van der Waals surface area contributed by atoms with Gasteiger partial charge in [-0.2, -0.15) is 5.10 Å². The maximum Gasteiger partial charge on any atom is 0.329 e. The van der Waals surface area contributed by atoms with E-state index in [1.54, 1.807) is 0 Å². The second-order valence-electron chi connectivity index (χ2n) is 19.9. The first-order valence-electron chi connectivity index (χ1n) is 25.1. The molecule has 2 unspecified atom stereocenters. The van der Waals surface area contributed by atoms with Gasteiger partial charge in [-0.15, -0.1) is 0 Å². The number of anilines is 1. The normalized spacial score (nSPS) is 23.3. The summed E-state index contributed by atoms with van der Waals surface area (Å²) in [6.45, 7) is 5.26. The molecule has 6 heterocycles. The molecule has 72 heavy (non-hydrogen) atoms. The van der Waals surface area contributed by atoms with Crippen LogP contribution in [0.2, 0.25) is 5.02 Å². The molecule has 3 aromatic carbocycles. The van der Waals surface area contributed by atoms with Crippen LogP contribution >= 0.6 is 11.6 Å². The first-order valence-corrected chi connectivity index (χ1v) is 25.5. The minimum absolute atomic E-state index is 0.0623. The number of aliphatic hydroxyl groups excluding tert-OH is 1. The topological polar surface area (TPSA) is 197 Å². The molecule has 380 valence electrons. The van der Waals surface area contributed by atoms with E-state index in [-0.39, 0.29) is 65.8 Å². The monoisotopic (exact) mass is 1010 g/mol. The van der Waals surface area contributed by atoms with Crippen LogP contribution in [-0.4, -0.2) is 118 Å². The van der Waals surface area contributed by atoms with Crippen LogP contribution in [0.25, 0.3) is 22.0 Å². The first-order chi connectivity index (χ1) is 34.8. The Balaban J connectivity index is 0.749. The fourth-order valence-corrected chi connectivity index (χ4v) is 12.2. The van der Waals surface area contributed by atoms with Crippen molar-refractivity contribution in [3.05, 3.63) is 99.7 Å². The Morgan fingerprint density at radius 1 is 0.972 bits per heavy atom. The molecule has 2 atom stereocenters. The lowest BCUT2D eigenvalue weighted by Crippen LogP contribution is -2.51. The summed E-state index contributed by atoms with van der Waals surface area (Å²) in [7, 11) is 1.88. The van der Waals surface area contributed by atoms with Crippen molar-refractivity contribution in [1.82, 2.24) is 35.2 Å². The number of aliphatic hydroxyl groups is 1. The molecule has 4 aliphatic heterocycles. The number of likely N-dealkylation sites (tertiary alicyclic amines) is 2. The second kappa shape index (κ2) is 20.4. The zero-order valence-corrected chi connectivity index (χ0v) is 41.2. The lowest BCUT2D eigenvalue weighted by molar-refractivity contribution is -0.138. The van der Waals surface area contributed by atoms with Crippen molar-refractivity contribution >= 4 is 52.1 Å². The van der Waals surface area contributed by atoms with Crippen molar-refractivity contribution < 1.29 is 42.5 Å². The average molecular weight is 1010 g/mol. The first kappa shape index (κ1) is 49.4. The van der Waals surface area contributed by atoms with Gasteiger partial charge in [0, 0.05) is 97.9 Å². The second-order valence-corrected chi connectivity index (χ2v) is 20.3. The van der Waals surface area contributed by atoms with E-state index in [4.69, 9.17) is 26.8 Å². The summed E-state index contributed by atoms with van der Waals surface area (Å²) < 4.78 is 46.2. The van der Waals surface area contributed by atoms with Crippen LogP contribution < -0.4 is 30.7 Å². The smallest absolute Gasteiger partial charge is 0.329 e. The third-order valence-electron chi connectivity index (χ3n) is 15.9. The highest BCUT2D eigenvalue weighted by Gasteiger charge is 2.50. The van der Waals surface area contributed by atoms with Crippen molar-refractivity contribution in [2.75, 3.05) is 57.4 Å². The van der Waals surface area contributed by atoms with E-state index in [0.29, 0.717) is 29.9 Å². The Morgan fingerprint density at radius 3 is 2.40 bits per heavy atom. The minimum Gasteiger partial charge on any atom is -0.480 e. The summed E-state index contributed by atoms with van der Waals surface area (Å²) in [6.07, 6.45) is 8.28. The Bertz CT molecular complexity index is 2900. The molecule has 0 spiro atoms. The largest absolute Gasteiger partial charge is 0.480 e. The number of rotatable bonds is 13. The van der Waals surface area contributed by atoms with Gasteiger partial charge in [0.05, 0.1) is 22.7 Å². The number of carbonyl (C=O) groups excluding carboxylic acids is 4. The fraction of sp³-hybridized carbons (Fsp3) is 0.472. The molecule has 5 N–H and O–H groups in total. The number of piperidine rings is 2. The molecule has 1 saturated carbocycles. The van der Waals surface area contributed by atoms with Crippen molar-refractivity contribution in [2.45, 2.75) is 94.2 Å². The van der Waals surface area contributed by atoms with E-state index in [0.717, 1.165) is 100 Å². The molecule has 1 aliphatic carbocycles. The van der Waals surface area contributed by atoms with Crippen molar-refractivity contribution in [1.29, 1.82) is 0 Å². The van der Waals surface area contributed by atoms with Crippen LogP contribution in [-0.2, 0) is 22.2 Å². The number of nitrogens with one attached hydrogen (secondary N) is 2. The Kier molecular flexibility index (Phi) is 14.0. The van der Waals surface area contributed by atoms with E-state index >= 15 is 8.78 Å². The molecular formula is C53H60ClF2N9O7. The average Bonchev–Trinajstić information content (AvgIpc) is 3.87. The number of aryl methyl sites for hydroxylation is 1. The Morgan fingerprint density at radius 2 is 1.71 bits per heavy atom. The number of nitrogens with two attached hydrogens (primary N) is 1. The molecule has 3 saturated heterocycles. The summed E-state index contributed by atoms with van der Waals surface area (Å²) in [5, 5.41) is 20.6. The highest BCUT2D eigenvalue weighted by atomic mass is 35.5. The number of aromatic nitrogens is 3. The third-order valence-corrected chi connectivity index (χ3v) is 16.3. The van der Waals surface area contributed by atoms with Gasteiger partial charge in [-0.05, 0) is 93.6 Å². The number of ether oxygens (including phenoxy) is 2. The molecular weight excluding hydrogens is 948 g/mol. The maximum absolute atomic E-state index is 16.4. The van der Waals surface area contributed by atoms with Gasteiger partial charge in [0.15, 0.2) is 17.2 Å². The van der Waals surface area contributed by atoms with Crippen LogP contribution in [0.3, 0.4) is 0 Å². The van der Waals surface area contributed by atoms with Gasteiger partial charge in [0.25, 0.3) is 11.8 Å². The van der Waals surface area contributed by atoms with E-state index in [2.05, 4.69) is 48.7 Å². The number of carbonyl (C=O) groups is 4. The number of hydrogen-bond acceptors (Lipinski definition) is 11. The SMILES string of the molecule is CC1c2c(cc(F)c(Cl)c2-c2c(C(N)=O)cnc(OCCO)c2F)OC1(CNC1CCC(C(=O)N2CCC(N3CCC(c4ccc5c(N6CCC(=O)NC6=O)nn(C)c5c4)CC3)CC2)CC1)c1ccccc1. The molecule has 16 nitrogen and oxygen atoms in total. The lowest BCUT2D eigenvalue weighted by Gasteiger charge is -2.43. The number of nitrogens with zero attached hydrogens (tertiary/aromatic N) is 6. The molecule has 2 aromatic heterocycles. The van der Waals surface area contributed by atoms with Gasteiger partial charge >= 0.3 is 6.03 Å². The van der Waals surface area contributed by atoms with Crippen LogP contribution in [0.1, 0.15) is 104 Å². The van der Waals surface area contributed by atoms with Crippen LogP contribution in [0.5, 0.6) is 11.6 Å². The molecule has 19 heteroatoms.